The summed E-state index contributed by atoms with van der Waals surface area (Å²) >= 11 is 5.98. The fraction of sp³-hybridized carbons (Fsp3) is 0.0952. The van der Waals surface area contributed by atoms with Crippen molar-refractivity contribution in [3.8, 4) is 5.75 Å². The van der Waals surface area contributed by atoms with Crippen molar-refractivity contribution in [3.63, 3.8) is 0 Å². The predicted molar refractivity (Wildman–Crippen MR) is 122 cm³/mol. The molecule has 0 radical (unpaired) electrons. The number of ether oxygens (including phenoxy) is 1. The maximum absolute atomic E-state index is 12.2. The number of hydrogen-bond acceptors (Lipinski definition) is 7. The van der Waals surface area contributed by atoms with Crippen molar-refractivity contribution in [2.24, 2.45) is 5.10 Å². The van der Waals surface area contributed by atoms with Crippen molar-refractivity contribution in [2.75, 3.05) is 12.4 Å². The van der Waals surface area contributed by atoms with Crippen LogP contribution in [0, 0.1) is 0 Å². The molecule has 33 heavy (non-hydrogen) atoms. The Balaban J connectivity index is 1.50. The molecule has 1 heterocycles. The average Bonchev–Trinajstić information content (AvgIpc) is 3.26. The Bertz CT molecular complexity index is 1270. The number of hydrazone groups is 1. The van der Waals surface area contributed by atoms with Crippen molar-refractivity contribution in [2.45, 2.75) is 11.4 Å². The largest absolute Gasteiger partial charge is 0.495 e. The van der Waals surface area contributed by atoms with Crippen LogP contribution in [0.25, 0.3) is 0 Å². The van der Waals surface area contributed by atoms with Gasteiger partial charge in [-0.25, -0.2) is 18.6 Å². The Labute approximate surface area is 194 Å². The van der Waals surface area contributed by atoms with E-state index in [0.29, 0.717) is 17.2 Å². The number of nitrogens with one attached hydrogen (secondary N) is 3. The van der Waals surface area contributed by atoms with Gasteiger partial charge in [-0.2, -0.15) is 5.10 Å². The van der Waals surface area contributed by atoms with Gasteiger partial charge in [0, 0.05) is 5.69 Å². The number of hydrogen-bond donors (Lipinski definition) is 3. The van der Waals surface area contributed by atoms with Crippen LogP contribution >= 0.6 is 11.6 Å². The minimum absolute atomic E-state index is 0.0791. The first-order valence-electron chi connectivity index (χ1n) is 9.40. The van der Waals surface area contributed by atoms with E-state index >= 15 is 0 Å². The van der Waals surface area contributed by atoms with E-state index in [2.05, 4.69) is 20.6 Å². The average molecular weight is 491 g/mol. The van der Waals surface area contributed by atoms with E-state index in [1.54, 1.807) is 30.3 Å². The molecule has 3 aromatic rings. The van der Waals surface area contributed by atoms with E-state index in [9.17, 15) is 18.0 Å². The lowest BCUT2D eigenvalue weighted by atomic mass is 10.3. The molecule has 2 amide bonds. The highest BCUT2D eigenvalue weighted by molar-refractivity contribution is 7.89. The highest BCUT2D eigenvalue weighted by atomic mass is 35.5. The van der Waals surface area contributed by atoms with Gasteiger partial charge in [0.05, 0.1) is 29.8 Å². The number of furan rings is 1. The van der Waals surface area contributed by atoms with Gasteiger partial charge in [-0.3, -0.25) is 9.59 Å². The second kappa shape index (κ2) is 10.8. The molecule has 0 saturated carbocycles. The third-order valence-corrected chi connectivity index (χ3v) is 5.86. The Morgan fingerprint density at radius 3 is 2.55 bits per heavy atom. The molecule has 2 aromatic carbocycles. The standard InChI is InChI=1S/C21H19ClN4O6S/c1-31-19-10-7-14(11-18(19)22)25-20(27)21(28)26-23-12-15-8-9-16(32-15)13-24-33(29,30)17-5-3-2-4-6-17/h2-12,24H,13H2,1H3,(H,25,27)(H,26,28)/b23-12+. The summed E-state index contributed by atoms with van der Waals surface area (Å²) in [6, 6.07) is 15.5. The second-order valence-electron chi connectivity index (χ2n) is 6.44. The fourth-order valence-corrected chi connectivity index (χ4v) is 3.82. The molecule has 0 atom stereocenters. The topological polar surface area (TPSA) is 139 Å². The number of rotatable bonds is 8. The zero-order valence-corrected chi connectivity index (χ0v) is 18.8. The highest BCUT2D eigenvalue weighted by Gasteiger charge is 2.15. The summed E-state index contributed by atoms with van der Waals surface area (Å²) in [6.07, 6.45) is 1.17. The molecule has 0 fully saturated rings. The molecule has 0 aliphatic rings. The molecule has 0 unspecified atom stereocenters. The summed E-state index contributed by atoms with van der Waals surface area (Å²) < 4.78 is 37.3. The zero-order valence-electron chi connectivity index (χ0n) is 17.2. The van der Waals surface area contributed by atoms with E-state index in [-0.39, 0.29) is 22.2 Å². The van der Waals surface area contributed by atoms with E-state index in [1.165, 1.54) is 43.7 Å². The van der Waals surface area contributed by atoms with E-state index in [4.69, 9.17) is 20.8 Å². The normalized spacial score (nSPS) is 11.3. The first-order valence-corrected chi connectivity index (χ1v) is 11.3. The van der Waals surface area contributed by atoms with Crippen LogP contribution in [0.5, 0.6) is 5.75 Å². The highest BCUT2D eigenvalue weighted by Crippen LogP contribution is 2.27. The molecular weight excluding hydrogens is 472 g/mol. The predicted octanol–water partition coefficient (Wildman–Crippen LogP) is 2.51. The van der Waals surface area contributed by atoms with Crippen LogP contribution in [0.1, 0.15) is 11.5 Å². The molecule has 0 spiro atoms. The van der Waals surface area contributed by atoms with Gasteiger partial charge in [-0.05, 0) is 42.5 Å². The van der Waals surface area contributed by atoms with E-state index in [0.717, 1.165) is 0 Å². The number of halogens is 1. The van der Waals surface area contributed by atoms with Gasteiger partial charge in [0.25, 0.3) is 0 Å². The second-order valence-corrected chi connectivity index (χ2v) is 8.62. The third kappa shape index (κ3) is 6.65. The molecule has 172 valence electrons. The molecule has 10 nitrogen and oxygen atoms in total. The SMILES string of the molecule is COc1ccc(NC(=O)C(=O)N/N=C/c2ccc(CNS(=O)(=O)c3ccccc3)o2)cc1Cl. The number of methoxy groups -OCH3 is 1. The van der Waals surface area contributed by atoms with Gasteiger partial charge >= 0.3 is 11.8 Å². The van der Waals surface area contributed by atoms with Crippen LogP contribution in [-0.4, -0.2) is 33.6 Å². The Kier molecular flexibility index (Phi) is 7.83. The van der Waals surface area contributed by atoms with Crippen LogP contribution < -0.4 is 20.2 Å². The maximum atomic E-state index is 12.2. The Morgan fingerprint density at radius 2 is 1.85 bits per heavy atom. The van der Waals surface area contributed by atoms with Crippen molar-refractivity contribution in [3.05, 3.63) is 77.2 Å². The summed E-state index contributed by atoms with van der Waals surface area (Å²) in [5.41, 5.74) is 2.37. The first kappa shape index (κ1) is 24.0. The van der Waals surface area contributed by atoms with Crippen molar-refractivity contribution >= 4 is 45.3 Å². The number of sulfonamides is 1. The number of carbonyl (C=O) groups is 2. The van der Waals surface area contributed by atoms with Crippen molar-refractivity contribution in [1.82, 2.24) is 10.1 Å². The molecule has 3 N–H and O–H groups in total. The lowest BCUT2D eigenvalue weighted by Gasteiger charge is -2.07. The summed E-state index contributed by atoms with van der Waals surface area (Å²) in [7, 11) is -2.23. The van der Waals surface area contributed by atoms with Crippen LogP contribution in [0.2, 0.25) is 5.02 Å². The minimum atomic E-state index is -3.68. The number of amides is 2. The van der Waals surface area contributed by atoms with E-state index < -0.39 is 21.8 Å². The summed E-state index contributed by atoms with van der Waals surface area (Å²) in [6.45, 7) is -0.0791. The van der Waals surface area contributed by atoms with Crippen molar-refractivity contribution in [1.29, 1.82) is 0 Å². The first-order chi connectivity index (χ1) is 15.8. The lowest BCUT2D eigenvalue weighted by molar-refractivity contribution is -0.136. The van der Waals surface area contributed by atoms with Crippen molar-refractivity contribution < 1.29 is 27.2 Å². The quantitative estimate of drug-likeness (QED) is 0.252. The molecule has 0 aliphatic heterocycles. The lowest BCUT2D eigenvalue weighted by Crippen LogP contribution is -2.32. The number of benzene rings is 2. The molecule has 0 aliphatic carbocycles. The van der Waals surface area contributed by atoms with Crippen LogP contribution in [-0.2, 0) is 26.2 Å². The van der Waals surface area contributed by atoms with Gasteiger partial charge in [-0.1, -0.05) is 29.8 Å². The molecule has 12 heteroatoms. The molecule has 0 saturated heterocycles. The zero-order chi connectivity index (χ0) is 23.8. The maximum Gasteiger partial charge on any atom is 0.329 e. The minimum Gasteiger partial charge on any atom is -0.495 e. The molecule has 1 aromatic heterocycles. The Morgan fingerprint density at radius 1 is 1.09 bits per heavy atom. The number of anilines is 1. The number of carbonyl (C=O) groups excluding carboxylic acids is 2. The monoisotopic (exact) mass is 490 g/mol. The molecular formula is C21H19ClN4O6S. The third-order valence-electron chi connectivity index (χ3n) is 4.15. The van der Waals surface area contributed by atoms with Gasteiger partial charge in [0.2, 0.25) is 10.0 Å². The van der Waals surface area contributed by atoms with Crippen LogP contribution in [0.4, 0.5) is 5.69 Å². The van der Waals surface area contributed by atoms with Gasteiger partial charge in [0.1, 0.15) is 17.3 Å². The summed E-state index contributed by atoms with van der Waals surface area (Å²) in [5.74, 6) is -0.971. The Hall–Kier alpha value is -3.67. The smallest absolute Gasteiger partial charge is 0.329 e. The number of nitrogens with zero attached hydrogens (tertiary/aromatic N) is 1. The van der Waals surface area contributed by atoms with Crippen LogP contribution in [0.3, 0.4) is 0 Å². The molecule has 0 bridgehead atoms. The molecule has 3 rings (SSSR count). The summed E-state index contributed by atoms with van der Waals surface area (Å²) in [5, 5.41) is 6.30. The summed E-state index contributed by atoms with van der Waals surface area (Å²) in [4.78, 5) is 24.0. The van der Waals surface area contributed by atoms with Gasteiger partial charge in [-0.15, -0.1) is 0 Å². The fourth-order valence-electron chi connectivity index (χ4n) is 2.55. The van der Waals surface area contributed by atoms with E-state index in [1.807, 2.05) is 0 Å². The van der Waals surface area contributed by atoms with Gasteiger partial charge in [0.15, 0.2) is 0 Å². The van der Waals surface area contributed by atoms with Crippen LogP contribution in [0.15, 0.2) is 75.1 Å². The van der Waals surface area contributed by atoms with Gasteiger partial charge < -0.3 is 14.5 Å².